The minimum Gasteiger partial charge on any atom is -0.469 e. The van der Waals surface area contributed by atoms with Crippen LogP contribution in [0.5, 0.6) is 0 Å². The van der Waals surface area contributed by atoms with Crippen LogP contribution in [0.1, 0.15) is 5.76 Å². The molecule has 0 aliphatic rings. The van der Waals surface area contributed by atoms with E-state index in [-0.39, 0.29) is 5.91 Å². The second kappa shape index (κ2) is 6.42. The number of nitrogens with zero attached hydrogens (tertiary/aromatic N) is 3. The van der Waals surface area contributed by atoms with Gasteiger partial charge in [-0.05, 0) is 13.0 Å². The van der Waals surface area contributed by atoms with Gasteiger partial charge in [-0.25, -0.2) is 0 Å². The summed E-state index contributed by atoms with van der Waals surface area (Å²) < 4.78 is 7.11. The zero-order valence-electron chi connectivity index (χ0n) is 11.4. The first-order chi connectivity index (χ1) is 9.63. The predicted octanol–water partition coefficient (Wildman–Crippen LogP) is 1.78. The van der Waals surface area contributed by atoms with Crippen LogP contribution in [0.3, 0.4) is 0 Å². The molecule has 2 heterocycles. The number of rotatable bonds is 6. The Morgan fingerprint density at radius 2 is 2.40 bits per heavy atom. The lowest BCUT2D eigenvalue weighted by Crippen LogP contribution is -2.25. The van der Waals surface area contributed by atoms with Gasteiger partial charge in [-0.15, -0.1) is 16.8 Å². The number of furan rings is 1. The van der Waals surface area contributed by atoms with E-state index in [9.17, 15) is 4.79 Å². The maximum Gasteiger partial charge on any atom is 0.230 e. The lowest BCUT2D eigenvalue weighted by Gasteiger charge is -2.03. The lowest BCUT2D eigenvalue weighted by atomic mass is 10.2. The zero-order chi connectivity index (χ0) is 14.5. The van der Waals surface area contributed by atoms with Crippen molar-refractivity contribution in [1.29, 1.82) is 0 Å². The van der Waals surface area contributed by atoms with Crippen molar-refractivity contribution in [1.82, 2.24) is 20.1 Å². The van der Waals surface area contributed by atoms with Crippen molar-refractivity contribution in [2.45, 2.75) is 12.1 Å². The number of carbonyl (C=O) groups is 1. The van der Waals surface area contributed by atoms with E-state index in [0.717, 1.165) is 17.1 Å². The van der Waals surface area contributed by atoms with E-state index in [1.54, 1.807) is 12.3 Å². The maximum atomic E-state index is 11.5. The fourth-order valence-electron chi connectivity index (χ4n) is 1.66. The summed E-state index contributed by atoms with van der Waals surface area (Å²) in [6.07, 6.45) is 3.26. The molecule has 0 spiro atoms. The molecule has 1 N–H and O–H groups in total. The third-order valence-electron chi connectivity index (χ3n) is 2.71. The van der Waals surface area contributed by atoms with Crippen LogP contribution in [0.25, 0.3) is 11.4 Å². The molecular weight excluding hydrogens is 276 g/mol. The molecule has 20 heavy (non-hydrogen) atoms. The van der Waals surface area contributed by atoms with E-state index < -0.39 is 0 Å². The van der Waals surface area contributed by atoms with Gasteiger partial charge in [0.05, 0.1) is 17.6 Å². The van der Waals surface area contributed by atoms with Crippen molar-refractivity contribution in [3.05, 3.63) is 30.7 Å². The normalized spacial score (nSPS) is 10.5. The number of aromatic nitrogens is 3. The summed E-state index contributed by atoms with van der Waals surface area (Å²) in [5, 5.41) is 11.6. The summed E-state index contributed by atoms with van der Waals surface area (Å²) >= 11 is 1.34. The van der Waals surface area contributed by atoms with Crippen molar-refractivity contribution in [3.63, 3.8) is 0 Å². The van der Waals surface area contributed by atoms with Crippen molar-refractivity contribution in [2.75, 3.05) is 12.3 Å². The molecule has 0 radical (unpaired) electrons. The summed E-state index contributed by atoms with van der Waals surface area (Å²) in [6, 6.07) is 1.85. The summed E-state index contributed by atoms with van der Waals surface area (Å²) in [4.78, 5) is 11.5. The molecule has 7 heteroatoms. The van der Waals surface area contributed by atoms with Crippen molar-refractivity contribution in [3.8, 4) is 11.4 Å². The molecule has 2 aromatic rings. The van der Waals surface area contributed by atoms with Crippen molar-refractivity contribution in [2.24, 2.45) is 7.05 Å². The van der Waals surface area contributed by atoms with Gasteiger partial charge in [0, 0.05) is 13.6 Å². The highest BCUT2D eigenvalue weighted by molar-refractivity contribution is 7.99. The summed E-state index contributed by atoms with van der Waals surface area (Å²) in [6.45, 7) is 5.89. The molecule has 0 bridgehead atoms. The van der Waals surface area contributed by atoms with Crippen molar-refractivity contribution >= 4 is 17.7 Å². The van der Waals surface area contributed by atoms with Gasteiger partial charge >= 0.3 is 0 Å². The fraction of sp³-hybridized carbons (Fsp3) is 0.308. The molecule has 0 aliphatic heterocycles. The number of nitrogens with one attached hydrogen (secondary N) is 1. The van der Waals surface area contributed by atoms with E-state index >= 15 is 0 Å². The number of aryl methyl sites for hydroxylation is 1. The van der Waals surface area contributed by atoms with Gasteiger partial charge in [0.15, 0.2) is 11.0 Å². The highest BCUT2D eigenvalue weighted by Crippen LogP contribution is 2.25. The first-order valence-corrected chi connectivity index (χ1v) is 7.06. The Morgan fingerprint density at radius 1 is 1.60 bits per heavy atom. The van der Waals surface area contributed by atoms with E-state index in [2.05, 4.69) is 22.1 Å². The number of carbonyl (C=O) groups excluding carboxylic acids is 1. The average molecular weight is 292 g/mol. The highest BCUT2D eigenvalue weighted by atomic mass is 32.2. The molecule has 2 aromatic heterocycles. The van der Waals surface area contributed by atoms with Crippen LogP contribution in [-0.2, 0) is 11.8 Å². The van der Waals surface area contributed by atoms with Gasteiger partial charge in [0.1, 0.15) is 5.76 Å². The standard InChI is InChI=1S/C13H16N4O2S/c1-4-6-14-11(18)8-20-13-16-15-12(17(13)3)10-5-7-19-9(10)2/h4-5,7H,1,6,8H2,2-3H3,(H,14,18). The molecule has 2 rings (SSSR count). The quantitative estimate of drug-likeness (QED) is 0.649. The van der Waals surface area contributed by atoms with E-state index in [1.165, 1.54) is 11.8 Å². The topological polar surface area (TPSA) is 73.0 Å². The van der Waals surface area contributed by atoms with Gasteiger partial charge in [0.2, 0.25) is 5.91 Å². The molecule has 6 nitrogen and oxygen atoms in total. The fourth-order valence-corrected chi connectivity index (χ4v) is 2.40. The molecule has 1 amide bonds. The number of thioether (sulfide) groups is 1. The van der Waals surface area contributed by atoms with E-state index in [4.69, 9.17) is 4.42 Å². The monoisotopic (exact) mass is 292 g/mol. The van der Waals surface area contributed by atoms with Crippen LogP contribution >= 0.6 is 11.8 Å². The second-order valence-corrected chi connectivity index (χ2v) is 5.08. The Balaban J connectivity index is 2.04. The second-order valence-electron chi connectivity index (χ2n) is 4.14. The van der Waals surface area contributed by atoms with Gasteiger partial charge in [0.25, 0.3) is 0 Å². The predicted molar refractivity (Wildman–Crippen MR) is 77.4 cm³/mol. The minimum absolute atomic E-state index is 0.0565. The van der Waals surface area contributed by atoms with Gasteiger partial charge in [-0.2, -0.15) is 0 Å². The third-order valence-corrected chi connectivity index (χ3v) is 3.73. The SMILES string of the molecule is C=CCNC(=O)CSc1nnc(-c2ccoc2C)n1C. The largest absolute Gasteiger partial charge is 0.469 e. The minimum atomic E-state index is -0.0565. The number of amides is 1. The summed E-state index contributed by atoms with van der Waals surface area (Å²) in [7, 11) is 1.87. The van der Waals surface area contributed by atoms with Crippen molar-refractivity contribution < 1.29 is 9.21 Å². The zero-order valence-corrected chi connectivity index (χ0v) is 12.2. The summed E-state index contributed by atoms with van der Waals surface area (Å²) in [5.74, 6) is 1.76. The van der Waals surface area contributed by atoms with Crippen LogP contribution < -0.4 is 5.32 Å². The molecule has 0 atom stereocenters. The Bertz CT molecular complexity index is 618. The molecule has 0 aliphatic carbocycles. The molecule has 0 aromatic carbocycles. The molecular formula is C13H16N4O2S. The molecule has 0 fully saturated rings. The molecule has 0 unspecified atom stereocenters. The van der Waals surface area contributed by atoms with Crippen LogP contribution in [0.15, 0.2) is 34.6 Å². The maximum absolute atomic E-state index is 11.5. The highest BCUT2D eigenvalue weighted by Gasteiger charge is 2.15. The van der Waals surface area contributed by atoms with Gasteiger partial charge in [-0.3, -0.25) is 4.79 Å². The molecule has 0 saturated carbocycles. The smallest absolute Gasteiger partial charge is 0.230 e. The lowest BCUT2D eigenvalue weighted by molar-refractivity contribution is -0.118. The molecule has 0 saturated heterocycles. The summed E-state index contributed by atoms with van der Waals surface area (Å²) in [5.41, 5.74) is 0.906. The first kappa shape index (κ1) is 14.4. The number of hydrogen-bond acceptors (Lipinski definition) is 5. The Morgan fingerprint density at radius 3 is 3.05 bits per heavy atom. The first-order valence-electron chi connectivity index (χ1n) is 6.07. The Kier molecular flexibility index (Phi) is 4.62. The van der Waals surface area contributed by atoms with Gasteiger partial charge < -0.3 is 14.3 Å². The third kappa shape index (κ3) is 3.11. The number of hydrogen-bond donors (Lipinski definition) is 1. The van der Waals surface area contributed by atoms with E-state index in [0.29, 0.717) is 17.5 Å². The average Bonchev–Trinajstić information content (AvgIpc) is 3.00. The van der Waals surface area contributed by atoms with Crippen LogP contribution in [0.2, 0.25) is 0 Å². The van der Waals surface area contributed by atoms with Crippen LogP contribution in [-0.4, -0.2) is 33.0 Å². The van der Waals surface area contributed by atoms with Gasteiger partial charge in [-0.1, -0.05) is 17.8 Å². The Labute approximate surface area is 121 Å². The Hall–Kier alpha value is -2.02. The van der Waals surface area contributed by atoms with E-state index in [1.807, 2.05) is 24.6 Å². The van der Waals surface area contributed by atoms with Crippen LogP contribution in [0.4, 0.5) is 0 Å². The van der Waals surface area contributed by atoms with Crippen LogP contribution in [0, 0.1) is 6.92 Å². The molecule has 106 valence electrons.